The molecule has 7 heteroatoms. The number of amides is 1. The van der Waals surface area contributed by atoms with Gasteiger partial charge in [-0.05, 0) is 44.4 Å². The zero-order chi connectivity index (χ0) is 16.7. The van der Waals surface area contributed by atoms with Gasteiger partial charge in [-0.3, -0.25) is 14.2 Å². The zero-order valence-corrected chi connectivity index (χ0v) is 13.7. The lowest BCUT2D eigenvalue weighted by Crippen LogP contribution is -2.21. The highest BCUT2D eigenvalue weighted by Crippen LogP contribution is 2.28. The molecule has 3 aromatic heterocycles. The number of furan rings is 1. The first-order valence-corrected chi connectivity index (χ1v) is 8.05. The van der Waals surface area contributed by atoms with Crippen LogP contribution in [0.4, 0.5) is 5.82 Å². The van der Waals surface area contributed by atoms with Gasteiger partial charge in [0.15, 0.2) is 5.76 Å². The van der Waals surface area contributed by atoms with Crippen LogP contribution >= 0.6 is 0 Å². The van der Waals surface area contributed by atoms with Gasteiger partial charge in [-0.15, -0.1) is 0 Å². The number of anilines is 1. The number of nitrogens with one attached hydrogen (secondary N) is 1. The van der Waals surface area contributed by atoms with E-state index in [4.69, 9.17) is 4.42 Å². The lowest BCUT2D eigenvalue weighted by atomic mass is 10.2. The van der Waals surface area contributed by atoms with Gasteiger partial charge in [-0.25, -0.2) is 0 Å². The molecule has 4 rings (SSSR count). The molecule has 0 bridgehead atoms. The Morgan fingerprint density at radius 2 is 2.17 bits per heavy atom. The molecule has 0 atom stereocenters. The molecule has 0 spiro atoms. The largest absolute Gasteiger partial charge is 0.460 e. The third kappa shape index (κ3) is 2.62. The number of hydrogen-bond donors (Lipinski definition) is 1. The predicted molar refractivity (Wildman–Crippen MR) is 88.5 cm³/mol. The van der Waals surface area contributed by atoms with E-state index >= 15 is 0 Å². The molecule has 0 unspecified atom stereocenters. The molecule has 0 aromatic carbocycles. The van der Waals surface area contributed by atoms with Crippen LogP contribution < -0.4 is 5.32 Å². The lowest BCUT2D eigenvalue weighted by Gasteiger charge is -2.07. The molecule has 0 fully saturated rings. The highest BCUT2D eigenvalue weighted by atomic mass is 16.3. The van der Waals surface area contributed by atoms with Crippen molar-refractivity contribution in [2.45, 2.75) is 32.7 Å². The lowest BCUT2D eigenvalue weighted by molar-refractivity contribution is -0.116. The van der Waals surface area contributed by atoms with Crippen molar-refractivity contribution < 1.29 is 9.21 Å². The zero-order valence-electron chi connectivity index (χ0n) is 13.7. The molecular weight excluding hydrogens is 306 g/mol. The molecule has 0 radical (unpaired) electrons. The van der Waals surface area contributed by atoms with E-state index in [1.165, 1.54) is 0 Å². The molecule has 1 N–H and O–H groups in total. The van der Waals surface area contributed by atoms with Crippen LogP contribution in [0.2, 0.25) is 0 Å². The number of carbonyl (C=O) groups is 1. The predicted octanol–water partition coefficient (Wildman–Crippen LogP) is 2.31. The minimum Gasteiger partial charge on any atom is -0.460 e. The molecule has 0 aliphatic heterocycles. The van der Waals surface area contributed by atoms with Crippen LogP contribution in [0.1, 0.15) is 23.4 Å². The van der Waals surface area contributed by atoms with E-state index in [9.17, 15) is 4.79 Å². The standard InChI is InChI=1S/C17H19N5O2/c1-11-6-7-15(24-11)14-8-9-22(20-14)10-16(23)18-17-12-4-3-5-13(12)19-21(17)2/h6-9H,3-5,10H2,1-2H3,(H,18,23). The number of hydrogen-bond acceptors (Lipinski definition) is 4. The number of aromatic nitrogens is 4. The van der Waals surface area contributed by atoms with E-state index in [1.54, 1.807) is 15.6 Å². The summed E-state index contributed by atoms with van der Waals surface area (Å²) in [6, 6.07) is 5.61. The summed E-state index contributed by atoms with van der Waals surface area (Å²) < 4.78 is 8.91. The molecule has 124 valence electrons. The average molecular weight is 325 g/mol. The van der Waals surface area contributed by atoms with Crippen LogP contribution in [0.15, 0.2) is 28.8 Å². The first kappa shape index (κ1) is 14.7. The first-order valence-electron chi connectivity index (χ1n) is 8.05. The Bertz CT molecular complexity index is 902. The van der Waals surface area contributed by atoms with Crippen LogP contribution in [-0.4, -0.2) is 25.5 Å². The number of rotatable bonds is 4. The van der Waals surface area contributed by atoms with E-state index < -0.39 is 0 Å². The van der Waals surface area contributed by atoms with Gasteiger partial charge in [0.1, 0.15) is 23.8 Å². The summed E-state index contributed by atoms with van der Waals surface area (Å²) in [5.41, 5.74) is 2.98. The molecule has 0 saturated carbocycles. The summed E-state index contributed by atoms with van der Waals surface area (Å²) in [6.45, 7) is 2.04. The van der Waals surface area contributed by atoms with Crippen molar-refractivity contribution in [3.63, 3.8) is 0 Å². The third-order valence-corrected chi connectivity index (χ3v) is 4.27. The van der Waals surface area contributed by atoms with E-state index in [2.05, 4.69) is 15.5 Å². The maximum absolute atomic E-state index is 12.3. The molecular formula is C17H19N5O2. The van der Waals surface area contributed by atoms with Crippen molar-refractivity contribution in [1.82, 2.24) is 19.6 Å². The summed E-state index contributed by atoms with van der Waals surface area (Å²) in [7, 11) is 1.86. The van der Waals surface area contributed by atoms with Crippen molar-refractivity contribution in [3.8, 4) is 11.5 Å². The van der Waals surface area contributed by atoms with E-state index in [1.807, 2.05) is 32.2 Å². The van der Waals surface area contributed by atoms with Gasteiger partial charge < -0.3 is 9.73 Å². The van der Waals surface area contributed by atoms with Gasteiger partial charge in [0.2, 0.25) is 5.91 Å². The Balaban J connectivity index is 1.46. The SMILES string of the molecule is Cc1ccc(-c2ccn(CC(=O)Nc3c4c(nn3C)CCC4)n2)o1. The fourth-order valence-corrected chi connectivity index (χ4v) is 3.15. The van der Waals surface area contributed by atoms with E-state index in [-0.39, 0.29) is 12.5 Å². The highest BCUT2D eigenvalue weighted by Gasteiger charge is 2.22. The normalized spacial score (nSPS) is 13.2. The first-order chi connectivity index (χ1) is 11.6. The van der Waals surface area contributed by atoms with E-state index in [0.29, 0.717) is 5.76 Å². The third-order valence-electron chi connectivity index (χ3n) is 4.27. The maximum Gasteiger partial charge on any atom is 0.247 e. The number of fused-ring (bicyclic) bond motifs is 1. The Labute approximate surface area is 139 Å². The summed E-state index contributed by atoms with van der Waals surface area (Å²) in [5, 5.41) is 11.8. The molecule has 7 nitrogen and oxygen atoms in total. The molecule has 3 heterocycles. The Hall–Kier alpha value is -2.83. The van der Waals surface area contributed by atoms with Gasteiger partial charge in [0, 0.05) is 18.8 Å². The molecule has 1 aliphatic rings. The summed E-state index contributed by atoms with van der Waals surface area (Å²) in [4.78, 5) is 12.3. The molecule has 1 aliphatic carbocycles. The van der Waals surface area contributed by atoms with Gasteiger partial charge >= 0.3 is 0 Å². The van der Waals surface area contributed by atoms with Crippen molar-refractivity contribution in [2.24, 2.45) is 7.05 Å². The van der Waals surface area contributed by atoms with Gasteiger partial charge in [-0.2, -0.15) is 10.2 Å². The molecule has 0 saturated heterocycles. The van der Waals surface area contributed by atoms with Crippen LogP contribution in [0.25, 0.3) is 11.5 Å². The monoisotopic (exact) mass is 325 g/mol. The second-order valence-electron chi connectivity index (χ2n) is 6.11. The van der Waals surface area contributed by atoms with Crippen LogP contribution in [0.5, 0.6) is 0 Å². The second-order valence-corrected chi connectivity index (χ2v) is 6.11. The van der Waals surface area contributed by atoms with E-state index in [0.717, 1.165) is 47.8 Å². The van der Waals surface area contributed by atoms with Crippen LogP contribution in [0.3, 0.4) is 0 Å². The van der Waals surface area contributed by atoms with Crippen molar-refractivity contribution in [2.75, 3.05) is 5.32 Å². The minimum absolute atomic E-state index is 0.113. The van der Waals surface area contributed by atoms with Gasteiger partial charge in [0.25, 0.3) is 0 Å². The number of nitrogens with zero attached hydrogens (tertiary/aromatic N) is 4. The fourth-order valence-electron chi connectivity index (χ4n) is 3.15. The van der Waals surface area contributed by atoms with Crippen molar-refractivity contribution >= 4 is 11.7 Å². The van der Waals surface area contributed by atoms with Crippen LogP contribution in [-0.2, 0) is 31.2 Å². The Morgan fingerprint density at radius 3 is 2.96 bits per heavy atom. The van der Waals surface area contributed by atoms with Gasteiger partial charge in [0.05, 0.1) is 5.69 Å². The fraction of sp³-hybridized carbons (Fsp3) is 0.353. The quantitative estimate of drug-likeness (QED) is 0.798. The summed E-state index contributed by atoms with van der Waals surface area (Å²) in [6.07, 6.45) is 4.85. The minimum atomic E-state index is -0.113. The maximum atomic E-state index is 12.3. The van der Waals surface area contributed by atoms with Crippen molar-refractivity contribution in [3.05, 3.63) is 41.4 Å². The summed E-state index contributed by atoms with van der Waals surface area (Å²) >= 11 is 0. The average Bonchev–Trinajstić information content (AvgIpc) is 3.28. The van der Waals surface area contributed by atoms with Gasteiger partial charge in [-0.1, -0.05) is 0 Å². The topological polar surface area (TPSA) is 77.9 Å². The number of aryl methyl sites for hydroxylation is 3. The smallest absolute Gasteiger partial charge is 0.247 e. The van der Waals surface area contributed by atoms with Crippen LogP contribution in [0, 0.1) is 6.92 Å². The summed E-state index contributed by atoms with van der Waals surface area (Å²) in [5.74, 6) is 2.23. The van der Waals surface area contributed by atoms with Crippen molar-refractivity contribution in [1.29, 1.82) is 0 Å². The highest BCUT2D eigenvalue weighted by molar-refractivity contribution is 5.90. The molecule has 24 heavy (non-hydrogen) atoms. The second kappa shape index (κ2) is 5.67. The number of carbonyl (C=O) groups excluding carboxylic acids is 1. The Morgan fingerprint density at radius 1 is 1.29 bits per heavy atom. The Kier molecular flexibility index (Phi) is 3.48. The molecule has 3 aromatic rings. The molecule has 1 amide bonds.